The Hall–Kier alpha value is -4.00. The highest BCUT2D eigenvalue weighted by molar-refractivity contribution is 7.99. The van der Waals surface area contributed by atoms with Crippen LogP contribution in [0.3, 0.4) is 0 Å². The van der Waals surface area contributed by atoms with Gasteiger partial charge in [0.1, 0.15) is 5.01 Å². The van der Waals surface area contributed by atoms with Crippen LogP contribution in [-0.4, -0.2) is 43.4 Å². The topological polar surface area (TPSA) is 134 Å². The maximum absolute atomic E-state index is 13.2. The highest BCUT2D eigenvalue weighted by Crippen LogP contribution is 2.34. The number of thiazole rings is 1. The molecule has 9 nitrogen and oxygen atoms in total. The lowest BCUT2D eigenvalue weighted by atomic mass is 10.1. The number of aromatic nitrogens is 1. The van der Waals surface area contributed by atoms with Gasteiger partial charge in [-0.05, 0) is 54.6 Å². The Morgan fingerprint density at radius 1 is 1.00 bits per heavy atom. The average molecular weight is 607 g/mol. The van der Waals surface area contributed by atoms with E-state index in [1.54, 1.807) is 30.1 Å². The summed E-state index contributed by atoms with van der Waals surface area (Å²) in [6.45, 7) is 2.42. The number of hydrogen-bond acceptors (Lipinski definition) is 8. The van der Waals surface area contributed by atoms with Crippen molar-refractivity contribution in [3.05, 3.63) is 88.9 Å². The van der Waals surface area contributed by atoms with Gasteiger partial charge in [0.05, 0.1) is 27.6 Å². The minimum absolute atomic E-state index is 0.0185. The van der Waals surface area contributed by atoms with Gasteiger partial charge in [-0.1, -0.05) is 24.3 Å². The average Bonchev–Trinajstić information content (AvgIpc) is 3.42. The summed E-state index contributed by atoms with van der Waals surface area (Å²) in [6, 6.07) is 18.3. The first-order valence-electron chi connectivity index (χ1n) is 12.7. The zero-order chi connectivity index (χ0) is 29.0. The lowest BCUT2D eigenvalue weighted by molar-refractivity contribution is -0.118. The summed E-state index contributed by atoms with van der Waals surface area (Å²) in [6.07, 6.45) is 2.60. The SMILES string of the molecule is CC(=O)NCCCSc1ccc(-c2ncc(CNC(=O)c3ccc4c(c3)NC(=O)c3ccccc3S4(=O)=O)s2)cc1. The van der Waals surface area contributed by atoms with E-state index < -0.39 is 21.7 Å². The van der Waals surface area contributed by atoms with Crippen LogP contribution >= 0.6 is 23.1 Å². The van der Waals surface area contributed by atoms with Crippen LogP contribution < -0.4 is 16.0 Å². The molecule has 1 aromatic heterocycles. The van der Waals surface area contributed by atoms with Gasteiger partial charge in [0.25, 0.3) is 11.8 Å². The summed E-state index contributed by atoms with van der Waals surface area (Å²) in [4.78, 5) is 42.9. The van der Waals surface area contributed by atoms with Crippen molar-refractivity contribution in [2.75, 3.05) is 17.6 Å². The Morgan fingerprint density at radius 2 is 1.78 bits per heavy atom. The van der Waals surface area contributed by atoms with Crippen molar-refractivity contribution in [1.29, 1.82) is 0 Å². The Labute approximate surface area is 245 Å². The molecule has 0 atom stereocenters. The Morgan fingerprint density at radius 3 is 2.56 bits per heavy atom. The van der Waals surface area contributed by atoms with E-state index in [2.05, 4.69) is 20.9 Å². The van der Waals surface area contributed by atoms with Crippen molar-refractivity contribution in [1.82, 2.24) is 15.6 Å². The van der Waals surface area contributed by atoms with E-state index in [1.165, 1.54) is 48.6 Å². The second-order valence-electron chi connectivity index (χ2n) is 9.19. The zero-order valence-electron chi connectivity index (χ0n) is 22.0. The molecule has 1 aliphatic heterocycles. The van der Waals surface area contributed by atoms with E-state index in [-0.39, 0.29) is 39.1 Å². The summed E-state index contributed by atoms with van der Waals surface area (Å²) < 4.78 is 26.3. The van der Waals surface area contributed by atoms with E-state index in [4.69, 9.17) is 0 Å². The fourth-order valence-corrected chi connectivity index (χ4v) is 7.51. The molecule has 0 radical (unpaired) electrons. The van der Waals surface area contributed by atoms with Crippen molar-refractivity contribution in [3.8, 4) is 10.6 Å². The van der Waals surface area contributed by atoms with Crippen molar-refractivity contribution >= 4 is 56.3 Å². The fraction of sp³-hybridized carbons (Fsp3) is 0.172. The van der Waals surface area contributed by atoms with Crippen LogP contribution in [0.2, 0.25) is 0 Å². The third-order valence-corrected chi connectivity index (χ3v) is 10.3. The van der Waals surface area contributed by atoms with Gasteiger partial charge in [0, 0.05) is 40.6 Å². The van der Waals surface area contributed by atoms with E-state index in [0.29, 0.717) is 6.54 Å². The molecule has 4 aromatic rings. The molecule has 3 aromatic carbocycles. The number of rotatable bonds is 9. The fourth-order valence-electron chi connectivity index (χ4n) is 4.21. The van der Waals surface area contributed by atoms with Gasteiger partial charge in [-0.3, -0.25) is 14.4 Å². The quantitative estimate of drug-likeness (QED) is 0.185. The number of amides is 3. The smallest absolute Gasteiger partial charge is 0.257 e. The second-order valence-corrected chi connectivity index (χ2v) is 13.4. The molecule has 3 amide bonds. The molecule has 0 bridgehead atoms. The molecule has 1 aliphatic rings. The highest BCUT2D eigenvalue weighted by atomic mass is 32.2. The van der Waals surface area contributed by atoms with Gasteiger partial charge in [0.2, 0.25) is 15.7 Å². The van der Waals surface area contributed by atoms with E-state index in [0.717, 1.165) is 32.5 Å². The van der Waals surface area contributed by atoms with Crippen LogP contribution in [-0.2, 0) is 21.2 Å². The molecule has 5 rings (SSSR count). The van der Waals surface area contributed by atoms with Crippen molar-refractivity contribution in [3.63, 3.8) is 0 Å². The second kappa shape index (κ2) is 12.2. The monoisotopic (exact) mass is 606 g/mol. The standard InChI is InChI=1S/C29H26N4O5S3/c1-18(34)30-13-4-14-39-21-10-7-19(8-11-21)29-32-17-22(40-29)16-31-27(35)20-9-12-26-24(15-20)33-28(36)23-5-2-3-6-25(23)41(26,37)38/h2-3,5-12,15,17H,4,13-14,16H2,1H3,(H,30,34)(H,31,35)(H,33,36). The van der Waals surface area contributed by atoms with Gasteiger partial charge >= 0.3 is 0 Å². The van der Waals surface area contributed by atoms with Crippen LogP contribution in [0.15, 0.2) is 87.6 Å². The molecule has 0 saturated carbocycles. The molecule has 0 spiro atoms. The summed E-state index contributed by atoms with van der Waals surface area (Å²) in [5, 5.41) is 9.09. The number of carbonyl (C=O) groups excluding carboxylic acids is 3. The molecule has 210 valence electrons. The molecule has 0 unspecified atom stereocenters. The number of anilines is 1. The number of benzene rings is 3. The molecule has 2 heterocycles. The lowest BCUT2D eigenvalue weighted by Crippen LogP contribution is -2.22. The zero-order valence-corrected chi connectivity index (χ0v) is 24.4. The maximum atomic E-state index is 13.2. The van der Waals surface area contributed by atoms with Gasteiger partial charge in [-0.25, -0.2) is 13.4 Å². The lowest BCUT2D eigenvalue weighted by Gasteiger charge is -2.10. The largest absolute Gasteiger partial charge is 0.356 e. The third kappa shape index (κ3) is 6.50. The molecular formula is C29H26N4O5S3. The Kier molecular flexibility index (Phi) is 8.52. The minimum Gasteiger partial charge on any atom is -0.356 e. The van der Waals surface area contributed by atoms with Crippen LogP contribution in [0.1, 0.15) is 38.9 Å². The molecular weight excluding hydrogens is 581 g/mol. The first-order chi connectivity index (χ1) is 19.7. The molecule has 12 heteroatoms. The number of carbonyl (C=O) groups is 3. The van der Waals surface area contributed by atoms with Crippen LogP contribution in [0.5, 0.6) is 0 Å². The normalized spacial score (nSPS) is 13.3. The Balaban J connectivity index is 1.20. The summed E-state index contributed by atoms with van der Waals surface area (Å²) >= 11 is 3.19. The number of fused-ring (bicyclic) bond motifs is 2. The van der Waals surface area contributed by atoms with Crippen LogP contribution in [0, 0.1) is 0 Å². The van der Waals surface area contributed by atoms with Crippen molar-refractivity contribution in [2.24, 2.45) is 0 Å². The first-order valence-corrected chi connectivity index (χ1v) is 16.0. The van der Waals surface area contributed by atoms with Gasteiger partial charge in [0.15, 0.2) is 0 Å². The van der Waals surface area contributed by atoms with Gasteiger partial charge in [-0.15, -0.1) is 23.1 Å². The van der Waals surface area contributed by atoms with Gasteiger partial charge < -0.3 is 16.0 Å². The van der Waals surface area contributed by atoms with Gasteiger partial charge in [-0.2, -0.15) is 0 Å². The van der Waals surface area contributed by atoms with Crippen molar-refractivity contribution < 1.29 is 22.8 Å². The first kappa shape index (κ1) is 28.5. The summed E-state index contributed by atoms with van der Waals surface area (Å²) in [7, 11) is -3.94. The molecule has 0 saturated heterocycles. The molecule has 41 heavy (non-hydrogen) atoms. The van der Waals surface area contributed by atoms with Crippen LogP contribution in [0.4, 0.5) is 5.69 Å². The van der Waals surface area contributed by atoms with E-state index >= 15 is 0 Å². The highest BCUT2D eigenvalue weighted by Gasteiger charge is 2.31. The minimum atomic E-state index is -3.94. The number of sulfone groups is 1. The molecule has 0 aliphatic carbocycles. The molecule has 0 fully saturated rings. The predicted molar refractivity (Wildman–Crippen MR) is 159 cm³/mol. The predicted octanol–water partition coefficient (Wildman–Crippen LogP) is 4.76. The summed E-state index contributed by atoms with van der Waals surface area (Å²) in [5.74, 6) is -0.0712. The van der Waals surface area contributed by atoms with E-state index in [1.807, 2.05) is 24.3 Å². The molecule has 3 N–H and O–H groups in total. The number of nitrogens with one attached hydrogen (secondary N) is 3. The summed E-state index contributed by atoms with van der Waals surface area (Å²) in [5.41, 5.74) is 1.31. The van der Waals surface area contributed by atoms with Crippen LogP contribution in [0.25, 0.3) is 10.6 Å². The van der Waals surface area contributed by atoms with E-state index in [9.17, 15) is 22.8 Å². The maximum Gasteiger partial charge on any atom is 0.257 e. The Bertz CT molecular complexity index is 1730. The van der Waals surface area contributed by atoms with Crippen molar-refractivity contribution in [2.45, 2.75) is 34.6 Å². The number of thioether (sulfide) groups is 1. The number of hydrogen-bond donors (Lipinski definition) is 3. The third-order valence-electron chi connectivity index (χ3n) is 6.24. The number of nitrogens with zero attached hydrogens (tertiary/aromatic N) is 1.